The third-order valence-corrected chi connectivity index (χ3v) is 8.82. The molecule has 0 atom stereocenters. The highest BCUT2D eigenvalue weighted by Crippen LogP contribution is 2.41. The van der Waals surface area contributed by atoms with E-state index in [0.29, 0.717) is 5.92 Å². The topological polar surface area (TPSA) is 12.9 Å². The summed E-state index contributed by atoms with van der Waals surface area (Å²) in [4.78, 5) is 6.27. The predicted molar refractivity (Wildman–Crippen MR) is 161 cm³/mol. The Hall–Kier alpha value is -3.01. The zero-order valence-corrected chi connectivity index (χ0v) is 23.2. The Kier molecular flexibility index (Phi) is 5.74. The van der Waals surface area contributed by atoms with Crippen LogP contribution in [0.2, 0.25) is 0 Å². The van der Waals surface area contributed by atoms with Gasteiger partial charge in [0.15, 0.2) is 0 Å². The van der Waals surface area contributed by atoms with Crippen molar-refractivity contribution >= 4 is 53.7 Å². The first-order valence-corrected chi connectivity index (χ1v) is 14.5. The molecule has 3 aromatic carbocycles. The molecule has 3 aromatic heterocycles. The molecule has 6 aromatic rings. The van der Waals surface area contributed by atoms with Gasteiger partial charge in [0.05, 0.1) is 5.69 Å². The normalized spacial score (nSPS) is 12.4. The summed E-state index contributed by atoms with van der Waals surface area (Å²) in [6, 6.07) is 24.9. The number of aromatic nitrogens is 1. The molecule has 6 rings (SSSR count). The standard InChI is InChI=1S/C33H31NS2/c1-20(2)16-22-10-11-25(26-12-14-35-31(22)26)28-19-30(34-32-27(28)13-15-36-32)23-17-21-8-6-7-9-24(21)29(18-23)33(3,4)5/h6-15,17-20H,16H2,1-5H3. The van der Waals surface area contributed by atoms with E-state index in [1.54, 1.807) is 11.3 Å². The molecule has 0 unspecified atom stereocenters. The Morgan fingerprint density at radius 1 is 0.778 bits per heavy atom. The van der Waals surface area contributed by atoms with E-state index in [2.05, 4.69) is 112 Å². The van der Waals surface area contributed by atoms with Crippen LogP contribution in [0.5, 0.6) is 0 Å². The van der Waals surface area contributed by atoms with Gasteiger partial charge in [-0.25, -0.2) is 4.98 Å². The molecular weight excluding hydrogens is 475 g/mol. The van der Waals surface area contributed by atoms with E-state index in [0.717, 1.165) is 16.9 Å². The minimum Gasteiger partial charge on any atom is -0.237 e. The monoisotopic (exact) mass is 505 g/mol. The van der Waals surface area contributed by atoms with Gasteiger partial charge in [-0.05, 0) is 91.9 Å². The molecule has 0 saturated carbocycles. The molecule has 0 amide bonds. The maximum absolute atomic E-state index is 5.17. The second-order valence-electron chi connectivity index (χ2n) is 11.2. The minimum absolute atomic E-state index is 0.0422. The maximum atomic E-state index is 5.17. The van der Waals surface area contributed by atoms with E-state index >= 15 is 0 Å². The lowest BCUT2D eigenvalue weighted by molar-refractivity contribution is 0.596. The molecule has 3 heterocycles. The first-order valence-electron chi connectivity index (χ1n) is 12.7. The van der Waals surface area contributed by atoms with Crippen LogP contribution in [0.4, 0.5) is 0 Å². The van der Waals surface area contributed by atoms with Crippen molar-refractivity contribution in [3.8, 4) is 22.4 Å². The van der Waals surface area contributed by atoms with Crippen LogP contribution in [0.25, 0.3) is 53.5 Å². The number of hydrogen-bond donors (Lipinski definition) is 0. The van der Waals surface area contributed by atoms with Gasteiger partial charge >= 0.3 is 0 Å². The number of rotatable bonds is 4. The van der Waals surface area contributed by atoms with Crippen LogP contribution in [-0.2, 0) is 11.8 Å². The molecule has 0 aliphatic carbocycles. The van der Waals surface area contributed by atoms with Gasteiger partial charge in [-0.3, -0.25) is 0 Å². The summed E-state index contributed by atoms with van der Waals surface area (Å²) in [7, 11) is 0. The van der Waals surface area contributed by atoms with Crippen LogP contribution in [0.3, 0.4) is 0 Å². The summed E-state index contributed by atoms with van der Waals surface area (Å²) in [5.41, 5.74) is 7.69. The van der Waals surface area contributed by atoms with E-state index < -0.39 is 0 Å². The number of benzene rings is 3. The summed E-state index contributed by atoms with van der Waals surface area (Å²) < 4.78 is 1.42. The molecular formula is C33H31NS2. The second kappa shape index (κ2) is 8.83. The van der Waals surface area contributed by atoms with Crippen LogP contribution < -0.4 is 0 Å². The second-order valence-corrected chi connectivity index (χ2v) is 13.0. The molecule has 1 nitrogen and oxygen atoms in total. The number of fused-ring (bicyclic) bond motifs is 3. The zero-order chi connectivity index (χ0) is 25.0. The number of pyridine rings is 1. The summed E-state index contributed by atoms with van der Waals surface area (Å²) >= 11 is 3.59. The molecule has 0 radical (unpaired) electrons. The third kappa shape index (κ3) is 4.05. The van der Waals surface area contributed by atoms with Crippen LogP contribution in [0, 0.1) is 5.92 Å². The largest absolute Gasteiger partial charge is 0.237 e. The van der Waals surface area contributed by atoms with Crippen molar-refractivity contribution in [3.63, 3.8) is 0 Å². The molecule has 0 bridgehead atoms. The average Bonchev–Trinajstić information content (AvgIpc) is 3.52. The number of hydrogen-bond acceptors (Lipinski definition) is 3. The highest BCUT2D eigenvalue weighted by molar-refractivity contribution is 7.17. The Bertz CT molecular complexity index is 1730. The molecule has 36 heavy (non-hydrogen) atoms. The fourth-order valence-electron chi connectivity index (χ4n) is 5.35. The van der Waals surface area contributed by atoms with E-state index in [9.17, 15) is 0 Å². The molecule has 3 heteroatoms. The van der Waals surface area contributed by atoms with E-state index in [4.69, 9.17) is 4.98 Å². The van der Waals surface area contributed by atoms with Crippen molar-refractivity contribution in [1.29, 1.82) is 0 Å². The summed E-state index contributed by atoms with van der Waals surface area (Å²) in [6.45, 7) is 11.5. The highest BCUT2D eigenvalue weighted by Gasteiger charge is 2.20. The highest BCUT2D eigenvalue weighted by atomic mass is 32.1. The van der Waals surface area contributed by atoms with Gasteiger partial charge in [-0.2, -0.15) is 0 Å². The molecule has 0 N–H and O–H groups in total. The van der Waals surface area contributed by atoms with Crippen LogP contribution in [0.1, 0.15) is 45.7 Å². The van der Waals surface area contributed by atoms with Gasteiger partial charge in [0.1, 0.15) is 4.83 Å². The van der Waals surface area contributed by atoms with Crippen molar-refractivity contribution < 1.29 is 0 Å². The van der Waals surface area contributed by atoms with Gasteiger partial charge in [0, 0.05) is 21.0 Å². The van der Waals surface area contributed by atoms with Crippen molar-refractivity contribution in [3.05, 3.63) is 88.6 Å². The molecule has 0 fully saturated rings. The SMILES string of the molecule is CC(C)Cc1ccc(-c2cc(-c3cc(C(C)(C)C)c4ccccc4c3)nc3sccc23)c2ccsc12. The lowest BCUT2D eigenvalue weighted by Crippen LogP contribution is -2.12. The molecule has 0 spiro atoms. The Labute approximate surface area is 221 Å². The van der Waals surface area contributed by atoms with Crippen molar-refractivity contribution in [2.24, 2.45) is 5.92 Å². The predicted octanol–water partition coefficient (Wildman–Crippen LogP) is 10.5. The van der Waals surface area contributed by atoms with Gasteiger partial charge in [0.25, 0.3) is 0 Å². The molecule has 180 valence electrons. The van der Waals surface area contributed by atoms with Crippen molar-refractivity contribution in [1.82, 2.24) is 4.98 Å². The Balaban J connectivity index is 1.60. The van der Waals surface area contributed by atoms with Gasteiger partial charge in [-0.15, -0.1) is 22.7 Å². The van der Waals surface area contributed by atoms with Gasteiger partial charge in [-0.1, -0.05) is 71.0 Å². The van der Waals surface area contributed by atoms with Crippen LogP contribution in [-0.4, -0.2) is 4.98 Å². The van der Waals surface area contributed by atoms with E-state index in [1.165, 1.54) is 54.1 Å². The van der Waals surface area contributed by atoms with Crippen molar-refractivity contribution in [2.45, 2.75) is 46.5 Å². The lowest BCUT2D eigenvalue weighted by atomic mass is 9.82. The number of thiophene rings is 2. The maximum Gasteiger partial charge on any atom is 0.124 e. The molecule has 0 saturated heterocycles. The average molecular weight is 506 g/mol. The summed E-state index contributed by atoms with van der Waals surface area (Å²) in [5, 5.41) is 9.61. The zero-order valence-electron chi connectivity index (χ0n) is 21.6. The summed E-state index contributed by atoms with van der Waals surface area (Å²) in [5.74, 6) is 0.641. The quantitative estimate of drug-likeness (QED) is 0.232. The Morgan fingerprint density at radius 2 is 1.56 bits per heavy atom. The first-order chi connectivity index (χ1) is 17.3. The van der Waals surface area contributed by atoms with Crippen LogP contribution >= 0.6 is 22.7 Å². The van der Waals surface area contributed by atoms with Crippen molar-refractivity contribution in [2.75, 3.05) is 0 Å². The van der Waals surface area contributed by atoms with E-state index in [-0.39, 0.29) is 5.41 Å². The van der Waals surface area contributed by atoms with Gasteiger partial charge < -0.3 is 0 Å². The van der Waals surface area contributed by atoms with E-state index in [1.807, 2.05) is 11.3 Å². The lowest BCUT2D eigenvalue weighted by Gasteiger charge is -2.23. The van der Waals surface area contributed by atoms with Crippen LogP contribution in [0.15, 0.2) is 77.5 Å². The number of nitrogens with zero attached hydrogens (tertiary/aromatic N) is 1. The minimum atomic E-state index is 0.0422. The first kappa shape index (κ1) is 23.4. The fourth-order valence-corrected chi connectivity index (χ4v) is 7.09. The fraction of sp³-hybridized carbons (Fsp3) is 0.242. The van der Waals surface area contributed by atoms with Gasteiger partial charge in [0.2, 0.25) is 0 Å². The molecule has 0 aliphatic heterocycles. The molecule has 0 aliphatic rings. The Morgan fingerprint density at radius 3 is 2.36 bits per heavy atom. The summed E-state index contributed by atoms with van der Waals surface area (Å²) in [6.07, 6.45) is 1.11. The smallest absolute Gasteiger partial charge is 0.124 e. The third-order valence-electron chi connectivity index (χ3n) is 7.02.